The minimum Gasteiger partial charge on any atom is -0.506 e. The van der Waals surface area contributed by atoms with Gasteiger partial charge in [-0.25, -0.2) is 4.79 Å². The van der Waals surface area contributed by atoms with Crippen LogP contribution in [0.4, 0.5) is 0 Å². The molecular formula is C21H34O6. The van der Waals surface area contributed by atoms with E-state index in [0.29, 0.717) is 6.42 Å². The number of ketones is 1. The monoisotopic (exact) mass is 382 g/mol. The summed E-state index contributed by atoms with van der Waals surface area (Å²) in [5.74, 6) is -2.78. The third-order valence-corrected chi connectivity index (χ3v) is 4.90. The highest BCUT2D eigenvalue weighted by molar-refractivity contribution is 5.96. The number of rotatable bonds is 13. The molecule has 1 unspecified atom stereocenters. The Bertz CT molecular complexity index is 563. The van der Waals surface area contributed by atoms with Gasteiger partial charge < -0.3 is 20.1 Å². The number of hydrogen-bond acceptors (Lipinski definition) is 6. The van der Waals surface area contributed by atoms with Gasteiger partial charge in [0.1, 0.15) is 0 Å². The molecule has 6 nitrogen and oxygen atoms in total. The lowest BCUT2D eigenvalue weighted by molar-refractivity contribution is -0.141. The first kappa shape index (κ1) is 23.2. The summed E-state index contributed by atoms with van der Waals surface area (Å²) in [6, 6.07) is 0. The van der Waals surface area contributed by atoms with Crippen LogP contribution in [0.3, 0.4) is 0 Å². The Morgan fingerprint density at radius 3 is 2.11 bits per heavy atom. The number of aliphatic hydroxyl groups is 3. The number of unbranched alkanes of at least 4 members (excludes halogenated alkanes) is 8. The zero-order valence-corrected chi connectivity index (χ0v) is 16.6. The molecule has 1 rings (SSSR count). The van der Waals surface area contributed by atoms with Crippen molar-refractivity contribution in [2.45, 2.75) is 90.1 Å². The average molecular weight is 382 g/mol. The Morgan fingerprint density at radius 2 is 1.56 bits per heavy atom. The molecule has 0 aliphatic heterocycles. The number of aliphatic hydroxyl groups excluding tert-OH is 2. The molecule has 1 aliphatic carbocycles. The predicted octanol–water partition coefficient (Wildman–Crippen LogP) is 4.43. The second-order valence-electron chi connectivity index (χ2n) is 7.16. The molecular weight excluding hydrogens is 348 g/mol. The number of Topliss-reactive ketones (excluding diaryl/α,β-unsaturated/α-hetero) is 1. The Balaban J connectivity index is 2.47. The van der Waals surface area contributed by atoms with Crippen LogP contribution in [-0.2, 0) is 14.3 Å². The Labute approximate surface area is 161 Å². The highest BCUT2D eigenvalue weighted by Gasteiger charge is 2.45. The van der Waals surface area contributed by atoms with E-state index in [2.05, 4.69) is 6.92 Å². The summed E-state index contributed by atoms with van der Waals surface area (Å²) in [6.07, 6.45) is 10.6. The lowest BCUT2D eigenvalue weighted by atomic mass is 9.82. The molecule has 1 atom stereocenters. The van der Waals surface area contributed by atoms with E-state index in [1.165, 1.54) is 32.1 Å². The van der Waals surface area contributed by atoms with Crippen LogP contribution < -0.4 is 0 Å². The molecule has 0 bridgehead atoms. The van der Waals surface area contributed by atoms with Gasteiger partial charge in [-0.2, -0.15) is 0 Å². The molecule has 0 aromatic heterocycles. The van der Waals surface area contributed by atoms with Crippen LogP contribution in [0.15, 0.2) is 23.2 Å². The molecule has 0 aromatic carbocycles. The van der Waals surface area contributed by atoms with Crippen molar-refractivity contribution in [1.82, 2.24) is 0 Å². The summed E-state index contributed by atoms with van der Waals surface area (Å²) in [7, 11) is 0. The maximum atomic E-state index is 12.5. The molecule has 0 saturated heterocycles. The molecule has 0 spiro atoms. The van der Waals surface area contributed by atoms with Gasteiger partial charge in [-0.05, 0) is 19.4 Å². The van der Waals surface area contributed by atoms with Crippen LogP contribution in [-0.4, -0.2) is 39.3 Å². The quantitative estimate of drug-likeness (QED) is 0.322. The summed E-state index contributed by atoms with van der Waals surface area (Å²) in [5, 5.41) is 30.4. The SMILES string of the molecule is CCCCCCCCCCCC(=O)C1(O)CC(C(=O)OCC)=CC(O)=C1O. The Hall–Kier alpha value is -1.82. The van der Waals surface area contributed by atoms with Crippen LogP contribution >= 0.6 is 0 Å². The fraction of sp³-hybridized carbons (Fsp3) is 0.714. The van der Waals surface area contributed by atoms with Crippen molar-refractivity contribution in [3.8, 4) is 0 Å². The first-order chi connectivity index (χ1) is 12.9. The van der Waals surface area contributed by atoms with Gasteiger partial charge in [0.15, 0.2) is 22.9 Å². The zero-order chi connectivity index (χ0) is 20.3. The van der Waals surface area contributed by atoms with Gasteiger partial charge in [0.05, 0.1) is 6.61 Å². The van der Waals surface area contributed by atoms with E-state index in [4.69, 9.17) is 4.74 Å². The molecule has 0 radical (unpaired) electrons. The lowest BCUT2D eigenvalue weighted by Gasteiger charge is -2.29. The van der Waals surface area contributed by atoms with E-state index < -0.39 is 35.3 Å². The summed E-state index contributed by atoms with van der Waals surface area (Å²) < 4.78 is 4.85. The van der Waals surface area contributed by atoms with E-state index in [0.717, 1.165) is 25.3 Å². The molecule has 0 aromatic rings. The van der Waals surface area contributed by atoms with Gasteiger partial charge in [0.25, 0.3) is 0 Å². The number of hydrogen-bond donors (Lipinski definition) is 3. The zero-order valence-electron chi connectivity index (χ0n) is 16.6. The fourth-order valence-corrected chi connectivity index (χ4v) is 3.24. The lowest BCUT2D eigenvalue weighted by Crippen LogP contribution is -2.44. The van der Waals surface area contributed by atoms with Crippen LogP contribution in [0.1, 0.15) is 84.5 Å². The minimum atomic E-state index is -2.26. The van der Waals surface area contributed by atoms with E-state index in [9.17, 15) is 24.9 Å². The molecule has 0 heterocycles. The number of ether oxygens (including phenoxy) is 1. The first-order valence-corrected chi connectivity index (χ1v) is 10.1. The second kappa shape index (κ2) is 11.8. The van der Waals surface area contributed by atoms with Gasteiger partial charge in [-0.3, -0.25) is 4.79 Å². The molecule has 154 valence electrons. The predicted molar refractivity (Wildman–Crippen MR) is 103 cm³/mol. The maximum absolute atomic E-state index is 12.5. The molecule has 6 heteroatoms. The number of carbonyl (C=O) groups excluding carboxylic acids is 2. The molecule has 0 amide bonds. The van der Waals surface area contributed by atoms with Crippen LogP contribution in [0.5, 0.6) is 0 Å². The van der Waals surface area contributed by atoms with Crippen LogP contribution in [0.2, 0.25) is 0 Å². The first-order valence-electron chi connectivity index (χ1n) is 10.1. The van der Waals surface area contributed by atoms with Crippen molar-refractivity contribution in [3.63, 3.8) is 0 Å². The topological polar surface area (TPSA) is 104 Å². The van der Waals surface area contributed by atoms with E-state index >= 15 is 0 Å². The second-order valence-corrected chi connectivity index (χ2v) is 7.16. The minimum absolute atomic E-state index is 0.0323. The summed E-state index contributed by atoms with van der Waals surface area (Å²) in [5.41, 5.74) is -2.30. The third kappa shape index (κ3) is 7.01. The standard InChI is InChI=1S/C21H34O6/c1-3-5-6-7-8-9-10-11-12-13-18(23)21(26)15-16(20(25)27-4-2)14-17(22)19(21)24/h14,22,24,26H,3-13,15H2,1-2H3. The van der Waals surface area contributed by atoms with Crippen molar-refractivity contribution in [2.75, 3.05) is 6.61 Å². The maximum Gasteiger partial charge on any atom is 0.334 e. The third-order valence-electron chi connectivity index (χ3n) is 4.90. The van der Waals surface area contributed by atoms with Crippen LogP contribution in [0, 0.1) is 0 Å². The normalized spacial score (nSPS) is 19.7. The van der Waals surface area contributed by atoms with Crippen molar-refractivity contribution in [3.05, 3.63) is 23.2 Å². The average Bonchev–Trinajstić information content (AvgIpc) is 2.64. The van der Waals surface area contributed by atoms with Gasteiger partial charge >= 0.3 is 5.97 Å². The molecule has 3 N–H and O–H groups in total. The van der Waals surface area contributed by atoms with E-state index in [-0.39, 0.29) is 18.6 Å². The summed E-state index contributed by atoms with van der Waals surface area (Å²) in [6.45, 7) is 3.96. The smallest absolute Gasteiger partial charge is 0.334 e. The van der Waals surface area contributed by atoms with Crippen molar-refractivity contribution < 1.29 is 29.6 Å². The highest BCUT2D eigenvalue weighted by atomic mass is 16.5. The van der Waals surface area contributed by atoms with Gasteiger partial charge in [0, 0.05) is 18.4 Å². The van der Waals surface area contributed by atoms with Crippen LogP contribution in [0.25, 0.3) is 0 Å². The number of allylic oxidation sites excluding steroid dienone is 1. The molecule has 0 fully saturated rings. The number of carbonyl (C=O) groups is 2. The largest absolute Gasteiger partial charge is 0.506 e. The highest BCUT2D eigenvalue weighted by Crippen LogP contribution is 2.33. The van der Waals surface area contributed by atoms with Crippen molar-refractivity contribution >= 4 is 11.8 Å². The fourth-order valence-electron chi connectivity index (χ4n) is 3.24. The van der Waals surface area contributed by atoms with Gasteiger partial charge in [-0.15, -0.1) is 0 Å². The van der Waals surface area contributed by atoms with Gasteiger partial charge in [-0.1, -0.05) is 58.3 Å². The Morgan fingerprint density at radius 1 is 1.00 bits per heavy atom. The molecule has 1 aliphatic rings. The summed E-state index contributed by atoms with van der Waals surface area (Å²) >= 11 is 0. The van der Waals surface area contributed by atoms with Gasteiger partial charge in [0.2, 0.25) is 0 Å². The van der Waals surface area contributed by atoms with Crippen molar-refractivity contribution in [2.24, 2.45) is 0 Å². The molecule has 27 heavy (non-hydrogen) atoms. The Kier molecular flexibility index (Phi) is 10.1. The van der Waals surface area contributed by atoms with Crippen molar-refractivity contribution in [1.29, 1.82) is 0 Å². The molecule has 0 saturated carbocycles. The van der Waals surface area contributed by atoms with E-state index in [1.54, 1.807) is 6.92 Å². The summed E-state index contributed by atoms with van der Waals surface area (Å²) in [4.78, 5) is 24.3. The van der Waals surface area contributed by atoms with E-state index in [1.807, 2.05) is 0 Å². The number of esters is 1.